The third kappa shape index (κ3) is 7.67. The number of halogens is 3. The van der Waals surface area contributed by atoms with Crippen LogP contribution in [-0.2, 0) is 0 Å². The number of nitrogens with zero attached hydrogens (tertiary/aromatic N) is 3. The number of ether oxygens (including phenoxy) is 1. The zero-order valence-corrected chi connectivity index (χ0v) is 18.5. The van der Waals surface area contributed by atoms with E-state index in [4.69, 9.17) is 18.1 Å². The first-order valence-electron chi connectivity index (χ1n) is 9.37. The minimum absolute atomic E-state index is 0.273. The molecule has 0 fully saturated rings. The molecule has 7 nitrogen and oxygen atoms in total. The summed E-state index contributed by atoms with van der Waals surface area (Å²) in [5, 5.41) is 7.58. The van der Waals surface area contributed by atoms with E-state index in [0.29, 0.717) is 16.6 Å². The number of hydrogen-bond acceptors (Lipinski definition) is 5. The lowest BCUT2D eigenvalue weighted by Crippen LogP contribution is -2.34. The molecule has 1 aromatic heterocycles. The average Bonchev–Trinajstić information content (AvgIpc) is 3.19. The second-order valence-electron chi connectivity index (χ2n) is 6.45. The molecular weight excluding hydrogens is 441 g/mol. The Kier molecular flexibility index (Phi) is 8.73. The van der Waals surface area contributed by atoms with Gasteiger partial charge in [0.15, 0.2) is 10.9 Å². The second-order valence-corrected chi connectivity index (χ2v) is 6.86. The van der Waals surface area contributed by atoms with E-state index in [9.17, 15) is 13.2 Å². The molecule has 0 radical (unpaired) electrons. The van der Waals surface area contributed by atoms with Crippen LogP contribution in [0.4, 0.5) is 18.9 Å². The van der Waals surface area contributed by atoms with E-state index in [1.165, 1.54) is 35.3 Å². The van der Waals surface area contributed by atoms with Gasteiger partial charge in [0.05, 0.1) is 5.69 Å². The quantitative estimate of drug-likeness (QED) is 0.294. The van der Waals surface area contributed by atoms with Crippen LogP contribution in [0.3, 0.4) is 0 Å². The first-order chi connectivity index (χ1) is 15.1. The van der Waals surface area contributed by atoms with Crippen LogP contribution < -0.4 is 21.3 Å². The number of anilines is 1. The maximum atomic E-state index is 12.0. The first-order valence-corrected chi connectivity index (χ1v) is 9.78. The van der Waals surface area contributed by atoms with Crippen molar-refractivity contribution in [2.24, 2.45) is 5.84 Å². The SMILES string of the molecule is C/C=C/c1ncn(-c2ccc(OC(F)(F)F)cc2)n1.Cc1cccc(C)c1NC(=S)NN. The molecule has 4 N–H and O–H groups in total. The largest absolute Gasteiger partial charge is 0.573 e. The van der Waals surface area contributed by atoms with E-state index < -0.39 is 6.36 Å². The summed E-state index contributed by atoms with van der Waals surface area (Å²) in [5.74, 6) is 5.42. The highest BCUT2D eigenvalue weighted by Crippen LogP contribution is 2.23. The topological polar surface area (TPSA) is 90.0 Å². The molecule has 0 aliphatic heterocycles. The summed E-state index contributed by atoms with van der Waals surface area (Å²) < 4.78 is 41.2. The van der Waals surface area contributed by atoms with E-state index in [1.54, 1.807) is 12.2 Å². The highest BCUT2D eigenvalue weighted by atomic mass is 32.1. The smallest absolute Gasteiger partial charge is 0.406 e. The molecule has 11 heteroatoms. The van der Waals surface area contributed by atoms with Crippen molar-refractivity contribution in [3.8, 4) is 11.4 Å². The Balaban J connectivity index is 0.000000244. The molecule has 0 aliphatic rings. The maximum absolute atomic E-state index is 12.0. The van der Waals surface area contributed by atoms with Crippen molar-refractivity contribution >= 4 is 29.1 Å². The van der Waals surface area contributed by atoms with Crippen LogP contribution in [0, 0.1) is 13.8 Å². The van der Waals surface area contributed by atoms with Gasteiger partial charge < -0.3 is 15.5 Å². The van der Waals surface area contributed by atoms with Crippen molar-refractivity contribution in [3.05, 3.63) is 71.8 Å². The van der Waals surface area contributed by atoms with Gasteiger partial charge in [-0.2, -0.15) is 0 Å². The summed E-state index contributed by atoms with van der Waals surface area (Å²) >= 11 is 4.91. The van der Waals surface area contributed by atoms with Gasteiger partial charge in [-0.05, 0) is 74.5 Å². The standard InChI is InChI=1S/C12H10F3N3O.C9H13N3S/c1-2-3-11-16-8-18(17-11)9-4-6-10(7-5-9)19-12(13,14)15;1-6-4-3-5-7(2)8(6)11-9(13)12-10/h2-8H,1H3;3-5H,10H2,1-2H3,(H2,11,12,13)/b3-2+;. The van der Waals surface area contributed by atoms with Crippen molar-refractivity contribution in [2.75, 3.05) is 5.32 Å². The van der Waals surface area contributed by atoms with Gasteiger partial charge in [0.1, 0.15) is 12.1 Å². The summed E-state index contributed by atoms with van der Waals surface area (Å²) in [6.07, 6.45) is 0.306. The number of alkyl halides is 3. The van der Waals surface area contributed by atoms with Crippen LogP contribution in [0.25, 0.3) is 11.8 Å². The Morgan fingerprint density at radius 1 is 1.12 bits per heavy atom. The number of allylic oxidation sites excluding steroid dienone is 1. The molecule has 0 saturated heterocycles. The van der Waals surface area contributed by atoms with Gasteiger partial charge in [-0.15, -0.1) is 18.3 Å². The Morgan fingerprint density at radius 3 is 2.28 bits per heavy atom. The Hall–Kier alpha value is -3.44. The summed E-state index contributed by atoms with van der Waals surface area (Å²) in [7, 11) is 0. The summed E-state index contributed by atoms with van der Waals surface area (Å²) in [6, 6.07) is 11.4. The van der Waals surface area contributed by atoms with Gasteiger partial charge in [-0.25, -0.2) is 15.5 Å². The van der Waals surface area contributed by atoms with Crippen molar-refractivity contribution in [1.82, 2.24) is 20.2 Å². The predicted octanol–water partition coefficient (Wildman–Crippen LogP) is 4.66. The molecule has 0 amide bonds. The zero-order valence-electron chi connectivity index (χ0n) is 17.6. The Labute approximate surface area is 189 Å². The molecule has 1 heterocycles. The van der Waals surface area contributed by atoms with Crippen LogP contribution in [0.2, 0.25) is 0 Å². The number of nitrogens with one attached hydrogen (secondary N) is 2. The van der Waals surface area contributed by atoms with Crippen LogP contribution in [0.5, 0.6) is 5.75 Å². The van der Waals surface area contributed by atoms with E-state index in [0.717, 1.165) is 16.8 Å². The first kappa shape index (κ1) is 24.8. The molecule has 2 aromatic carbocycles. The third-order valence-corrected chi connectivity index (χ3v) is 4.23. The van der Waals surface area contributed by atoms with Gasteiger partial charge in [0, 0.05) is 5.69 Å². The number of benzene rings is 2. The van der Waals surface area contributed by atoms with Crippen LogP contribution >= 0.6 is 12.2 Å². The number of hydrazine groups is 1. The molecule has 170 valence electrons. The molecule has 32 heavy (non-hydrogen) atoms. The molecule has 0 spiro atoms. The van der Waals surface area contributed by atoms with E-state index in [1.807, 2.05) is 39.0 Å². The number of aryl methyl sites for hydroxylation is 2. The predicted molar refractivity (Wildman–Crippen MR) is 122 cm³/mol. The molecule has 3 aromatic rings. The van der Waals surface area contributed by atoms with Gasteiger partial charge in [-0.3, -0.25) is 0 Å². The number of thiocarbonyl (C=S) groups is 1. The monoisotopic (exact) mass is 464 g/mol. The average molecular weight is 465 g/mol. The summed E-state index contributed by atoms with van der Waals surface area (Å²) in [5.41, 5.74) is 6.30. The molecule has 0 saturated carbocycles. The number of nitrogens with two attached hydrogens (primary N) is 1. The van der Waals surface area contributed by atoms with Crippen LogP contribution in [-0.4, -0.2) is 26.2 Å². The summed E-state index contributed by atoms with van der Waals surface area (Å²) in [6.45, 7) is 5.88. The molecule has 0 atom stereocenters. The van der Waals surface area contributed by atoms with E-state index in [2.05, 4.69) is 25.6 Å². The van der Waals surface area contributed by atoms with Crippen molar-refractivity contribution in [2.45, 2.75) is 27.1 Å². The Bertz CT molecular complexity index is 1040. The normalized spacial score (nSPS) is 11.0. The van der Waals surface area contributed by atoms with E-state index >= 15 is 0 Å². The minimum Gasteiger partial charge on any atom is -0.406 e. The summed E-state index contributed by atoms with van der Waals surface area (Å²) in [4.78, 5) is 4.02. The molecular formula is C21H23F3N6OS. The highest BCUT2D eigenvalue weighted by Gasteiger charge is 2.30. The molecule has 0 aliphatic carbocycles. The third-order valence-electron chi connectivity index (χ3n) is 4.01. The fourth-order valence-corrected chi connectivity index (χ4v) is 2.69. The van der Waals surface area contributed by atoms with Crippen LogP contribution in [0.1, 0.15) is 23.9 Å². The van der Waals surface area contributed by atoms with Crippen molar-refractivity contribution in [3.63, 3.8) is 0 Å². The number of aromatic nitrogens is 3. The van der Waals surface area contributed by atoms with Gasteiger partial charge >= 0.3 is 6.36 Å². The second kappa shape index (κ2) is 11.3. The molecule has 3 rings (SSSR count). The molecule has 0 unspecified atom stereocenters. The lowest BCUT2D eigenvalue weighted by Gasteiger charge is -2.12. The number of rotatable bonds is 4. The van der Waals surface area contributed by atoms with E-state index in [-0.39, 0.29) is 5.75 Å². The zero-order chi connectivity index (χ0) is 23.7. The fraction of sp³-hybridized carbons (Fsp3) is 0.190. The highest BCUT2D eigenvalue weighted by molar-refractivity contribution is 7.80. The maximum Gasteiger partial charge on any atom is 0.573 e. The van der Waals surface area contributed by atoms with Crippen LogP contribution in [0.15, 0.2) is 54.9 Å². The van der Waals surface area contributed by atoms with Gasteiger partial charge in [0.25, 0.3) is 0 Å². The van der Waals surface area contributed by atoms with Crippen molar-refractivity contribution in [1.29, 1.82) is 0 Å². The number of para-hydroxylation sites is 1. The van der Waals surface area contributed by atoms with Gasteiger partial charge in [0.2, 0.25) is 0 Å². The lowest BCUT2D eigenvalue weighted by atomic mass is 10.1. The molecule has 0 bridgehead atoms. The fourth-order valence-electron chi connectivity index (χ4n) is 2.59. The minimum atomic E-state index is -4.69. The number of hydrogen-bond donors (Lipinski definition) is 3. The Morgan fingerprint density at radius 2 is 1.75 bits per heavy atom. The van der Waals surface area contributed by atoms with Gasteiger partial charge in [-0.1, -0.05) is 24.3 Å². The lowest BCUT2D eigenvalue weighted by molar-refractivity contribution is -0.274. The van der Waals surface area contributed by atoms with Crippen molar-refractivity contribution < 1.29 is 17.9 Å².